The molecule has 0 saturated heterocycles. The molecule has 0 fully saturated rings. The topological polar surface area (TPSA) is 16.4 Å². The van der Waals surface area contributed by atoms with Gasteiger partial charge in [-0.15, -0.1) is 0 Å². The van der Waals surface area contributed by atoms with Crippen LogP contribution >= 0.6 is 0 Å². The Morgan fingerprint density at radius 1 is 0.646 bits per heavy atom. The van der Waals surface area contributed by atoms with E-state index >= 15 is 0 Å². The fraction of sp³-hybridized carbons (Fsp3) is 0.174. The van der Waals surface area contributed by atoms with Crippen LogP contribution in [-0.4, -0.2) is 6.04 Å². The predicted molar refractivity (Wildman–Crippen MR) is 203 cm³/mol. The Balaban J connectivity index is 1.17. The molecule has 0 bridgehead atoms. The predicted octanol–water partition coefficient (Wildman–Crippen LogP) is 12.4. The molecule has 5 aromatic carbocycles. The number of nitrogens with zero attached hydrogens (tertiary/aromatic N) is 1. The molecular weight excluding hydrogens is 583 g/mol. The lowest BCUT2D eigenvalue weighted by atomic mass is 9.80. The Hall–Kier alpha value is -5.34. The number of benzene rings is 5. The number of rotatable bonds is 6. The largest absolute Gasteiger partial charge is 0.455 e. The summed E-state index contributed by atoms with van der Waals surface area (Å²) in [5.41, 5.74) is 11.4. The molecule has 9 rings (SSSR count). The van der Waals surface area contributed by atoms with Crippen molar-refractivity contribution in [2.45, 2.75) is 44.6 Å². The number of allylic oxidation sites excluding steroid dienone is 8. The lowest BCUT2D eigenvalue weighted by Gasteiger charge is -2.40. The second-order valence-corrected chi connectivity index (χ2v) is 13.4. The van der Waals surface area contributed by atoms with Gasteiger partial charge in [-0.1, -0.05) is 134 Å². The van der Waals surface area contributed by atoms with Crippen LogP contribution in [0.3, 0.4) is 0 Å². The van der Waals surface area contributed by atoms with Gasteiger partial charge in [0.2, 0.25) is 0 Å². The average molecular weight is 622 g/mol. The van der Waals surface area contributed by atoms with Gasteiger partial charge in [0.15, 0.2) is 0 Å². The van der Waals surface area contributed by atoms with E-state index in [1.165, 1.54) is 60.8 Å². The Morgan fingerprint density at radius 3 is 2.29 bits per heavy atom. The third-order valence-corrected chi connectivity index (χ3v) is 10.6. The third kappa shape index (κ3) is 5.13. The van der Waals surface area contributed by atoms with Crippen LogP contribution in [-0.2, 0) is 0 Å². The number of anilines is 1. The first-order valence-electron chi connectivity index (χ1n) is 17.5. The van der Waals surface area contributed by atoms with Crippen LogP contribution in [0.4, 0.5) is 5.69 Å². The first-order valence-corrected chi connectivity index (χ1v) is 17.5. The molecule has 0 aliphatic heterocycles. The van der Waals surface area contributed by atoms with Crippen molar-refractivity contribution in [3.63, 3.8) is 0 Å². The molecule has 6 aromatic rings. The van der Waals surface area contributed by atoms with Gasteiger partial charge in [-0.2, -0.15) is 0 Å². The van der Waals surface area contributed by atoms with Crippen LogP contribution in [0.25, 0.3) is 43.9 Å². The quantitative estimate of drug-likeness (QED) is 0.184. The van der Waals surface area contributed by atoms with Crippen molar-refractivity contribution in [1.29, 1.82) is 0 Å². The summed E-state index contributed by atoms with van der Waals surface area (Å²) in [4.78, 5) is 2.67. The molecule has 48 heavy (non-hydrogen) atoms. The van der Waals surface area contributed by atoms with Crippen molar-refractivity contribution in [2.24, 2.45) is 5.92 Å². The van der Waals surface area contributed by atoms with Gasteiger partial charge in [-0.25, -0.2) is 0 Å². The molecule has 234 valence electrons. The fourth-order valence-electron chi connectivity index (χ4n) is 8.27. The number of hydrogen-bond donors (Lipinski definition) is 0. The van der Waals surface area contributed by atoms with Crippen LogP contribution in [0.1, 0.15) is 49.7 Å². The normalized spacial score (nSPS) is 19.6. The van der Waals surface area contributed by atoms with Crippen molar-refractivity contribution in [1.82, 2.24) is 0 Å². The highest BCUT2D eigenvalue weighted by atomic mass is 16.3. The van der Waals surface area contributed by atoms with E-state index in [1.54, 1.807) is 0 Å². The minimum absolute atomic E-state index is 0.297. The summed E-state index contributed by atoms with van der Waals surface area (Å²) in [5, 5.41) is 4.96. The third-order valence-electron chi connectivity index (χ3n) is 10.6. The van der Waals surface area contributed by atoms with E-state index in [0.717, 1.165) is 49.7 Å². The van der Waals surface area contributed by atoms with Crippen LogP contribution in [0.15, 0.2) is 167 Å². The van der Waals surface area contributed by atoms with Gasteiger partial charge in [0, 0.05) is 45.1 Å². The summed E-state index contributed by atoms with van der Waals surface area (Å²) in [5.74, 6) is 0.446. The van der Waals surface area contributed by atoms with Gasteiger partial charge in [-0.05, 0) is 84.4 Å². The minimum Gasteiger partial charge on any atom is -0.455 e. The maximum absolute atomic E-state index is 6.60. The summed E-state index contributed by atoms with van der Waals surface area (Å²) in [6.45, 7) is 0. The van der Waals surface area contributed by atoms with Gasteiger partial charge in [-0.3, -0.25) is 0 Å². The molecule has 3 aliphatic carbocycles. The molecular formula is C46H39NO. The van der Waals surface area contributed by atoms with E-state index in [4.69, 9.17) is 4.42 Å². The molecule has 0 spiro atoms. The molecule has 0 N–H and O–H groups in total. The average Bonchev–Trinajstić information content (AvgIpc) is 3.55. The second kappa shape index (κ2) is 12.4. The minimum atomic E-state index is 0.297. The van der Waals surface area contributed by atoms with Gasteiger partial charge in [0.05, 0.1) is 0 Å². The molecule has 1 heterocycles. The molecule has 1 aromatic heterocycles. The highest BCUT2D eigenvalue weighted by Gasteiger charge is 2.31. The molecule has 2 nitrogen and oxygen atoms in total. The van der Waals surface area contributed by atoms with E-state index in [2.05, 4.69) is 157 Å². The van der Waals surface area contributed by atoms with Gasteiger partial charge in [0.25, 0.3) is 0 Å². The summed E-state index contributed by atoms with van der Waals surface area (Å²) in [6, 6.07) is 42.1. The van der Waals surface area contributed by atoms with Crippen LogP contribution in [0.2, 0.25) is 0 Å². The maximum atomic E-state index is 6.60. The summed E-state index contributed by atoms with van der Waals surface area (Å²) in [7, 11) is 0. The number of para-hydroxylation sites is 2. The Morgan fingerprint density at radius 2 is 1.44 bits per heavy atom. The van der Waals surface area contributed by atoms with E-state index in [-0.39, 0.29) is 0 Å². The van der Waals surface area contributed by atoms with E-state index in [1.807, 2.05) is 0 Å². The van der Waals surface area contributed by atoms with Crippen molar-refractivity contribution in [2.75, 3.05) is 4.90 Å². The Labute approximate surface area is 282 Å². The van der Waals surface area contributed by atoms with Gasteiger partial charge >= 0.3 is 0 Å². The molecule has 3 aliphatic rings. The summed E-state index contributed by atoms with van der Waals surface area (Å²) < 4.78 is 6.60. The van der Waals surface area contributed by atoms with Crippen molar-refractivity contribution < 1.29 is 4.42 Å². The zero-order chi connectivity index (χ0) is 31.9. The molecule has 0 amide bonds. The monoisotopic (exact) mass is 621 g/mol. The lowest BCUT2D eigenvalue weighted by Crippen LogP contribution is -2.37. The summed E-state index contributed by atoms with van der Waals surface area (Å²) >= 11 is 0. The Bertz CT molecular complexity index is 2310. The van der Waals surface area contributed by atoms with Crippen molar-refractivity contribution in [3.05, 3.63) is 174 Å². The van der Waals surface area contributed by atoms with E-state index in [9.17, 15) is 0 Å². The molecule has 2 unspecified atom stereocenters. The van der Waals surface area contributed by atoms with Crippen molar-refractivity contribution >= 4 is 49.5 Å². The number of fused-ring (bicyclic) bond motifs is 4. The van der Waals surface area contributed by atoms with Gasteiger partial charge in [0.1, 0.15) is 11.2 Å². The standard InChI is InChI=1S/C46H39NO/c1-3-13-32(14-4-1)33-25-27-36(28-26-33)47(44-23-11-18-34-17-7-8-19-38(34)44)37-29-30-39(43(31-37)35-15-5-2-6-16-35)41-21-12-22-42-40-20-9-10-24-45(40)48-46(41)42/h2-3,5-25,27-28,33,37H,1,4,26,29-31H2. The summed E-state index contributed by atoms with van der Waals surface area (Å²) in [6.07, 6.45) is 20.7. The van der Waals surface area contributed by atoms with Crippen molar-refractivity contribution in [3.8, 4) is 0 Å². The zero-order valence-electron chi connectivity index (χ0n) is 27.2. The molecule has 0 radical (unpaired) electrons. The molecule has 0 saturated carbocycles. The second-order valence-electron chi connectivity index (χ2n) is 13.4. The highest BCUT2D eigenvalue weighted by molar-refractivity contribution is 6.10. The fourth-order valence-corrected chi connectivity index (χ4v) is 8.27. The molecule has 2 atom stereocenters. The number of furan rings is 1. The smallest absolute Gasteiger partial charge is 0.142 e. The van der Waals surface area contributed by atoms with Crippen LogP contribution in [0.5, 0.6) is 0 Å². The molecule has 2 heteroatoms. The Kier molecular flexibility index (Phi) is 7.43. The SMILES string of the molecule is C1=CC(C2C=CC(N(c3cccc4ccccc34)C3CCC(c4cccc5c4oc4ccccc45)=C(c4ccccc4)C3)=CC2)=CCC1. The van der Waals surface area contributed by atoms with Gasteiger partial charge < -0.3 is 9.32 Å². The highest BCUT2D eigenvalue weighted by Crippen LogP contribution is 2.46. The maximum Gasteiger partial charge on any atom is 0.142 e. The number of hydrogen-bond acceptors (Lipinski definition) is 2. The van der Waals surface area contributed by atoms with E-state index < -0.39 is 0 Å². The van der Waals surface area contributed by atoms with Crippen LogP contribution < -0.4 is 4.90 Å². The van der Waals surface area contributed by atoms with Crippen LogP contribution in [0, 0.1) is 5.92 Å². The zero-order valence-corrected chi connectivity index (χ0v) is 27.2. The first kappa shape index (κ1) is 28.8. The lowest BCUT2D eigenvalue weighted by molar-refractivity contribution is 0.590. The van der Waals surface area contributed by atoms with E-state index in [0.29, 0.717) is 12.0 Å². The first-order chi connectivity index (χ1) is 23.8.